The quantitative estimate of drug-likeness (QED) is 0.496. The van der Waals surface area contributed by atoms with E-state index in [1.807, 2.05) is 6.07 Å². The van der Waals surface area contributed by atoms with Crippen molar-refractivity contribution in [2.45, 2.75) is 0 Å². The standard InChI is InChI=1S/C24H15N3O5/c25-13-15-5-9-17(10-6-15)26-21(28)14-32-24(31)16-7-11-18(12-8-16)27-22(29)19-3-1-2-4-20(19)23(27)30/h1-12H,14H2,(H,26,28). The van der Waals surface area contributed by atoms with Crippen molar-refractivity contribution in [2.24, 2.45) is 0 Å². The van der Waals surface area contributed by atoms with Gasteiger partial charge in [0.25, 0.3) is 17.7 Å². The number of anilines is 2. The van der Waals surface area contributed by atoms with Crippen molar-refractivity contribution in [1.82, 2.24) is 0 Å². The number of benzene rings is 3. The van der Waals surface area contributed by atoms with Crippen molar-refractivity contribution in [1.29, 1.82) is 5.26 Å². The Morgan fingerprint density at radius 3 is 2.03 bits per heavy atom. The summed E-state index contributed by atoms with van der Waals surface area (Å²) in [6.45, 7) is -0.501. The third-order valence-corrected chi connectivity index (χ3v) is 4.79. The lowest BCUT2D eigenvalue weighted by atomic mass is 10.1. The fourth-order valence-corrected chi connectivity index (χ4v) is 3.21. The molecule has 0 bridgehead atoms. The van der Waals surface area contributed by atoms with E-state index in [4.69, 9.17) is 10.00 Å². The number of hydrogen-bond acceptors (Lipinski definition) is 6. The Kier molecular flexibility index (Phi) is 5.47. The van der Waals surface area contributed by atoms with Gasteiger partial charge in [-0.3, -0.25) is 14.4 Å². The summed E-state index contributed by atoms with van der Waals surface area (Å²) in [5.41, 5.74) is 2.07. The Balaban J connectivity index is 1.36. The number of carbonyl (C=O) groups excluding carboxylic acids is 4. The van der Waals surface area contributed by atoms with Gasteiger partial charge in [-0.15, -0.1) is 0 Å². The van der Waals surface area contributed by atoms with Crippen LogP contribution >= 0.6 is 0 Å². The third kappa shape index (κ3) is 3.95. The summed E-state index contributed by atoms with van der Waals surface area (Å²) in [7, 11) is 0. The molecule has 0 aromatic heterocycles. The second-order valence-electron chi connectivity index (χ2n) is 6.85. The minimum absolute atomic E-state index is 0.163. The molecular formula is C24H15N3O5. The molecule has 3 amide bonds. The van der Waals surface area contributed by atoms with Crippen LogP contribution < -0.4 is 10.2 Å². The van der Waals surface area contributed by atoms with Gasteiger partial charge < -0.3 is 10.1 Å². The van der Waals surface area contributed by atoms with E-state index in [0.717, 1.165) is 4.90 Å². The van der Waals surface area contributed by atoms with E-state index in [1.165, 1.54) is 24.3 Å². The fraction of sp³-hybridized carbons (Fsp3) is 0.0417. The largest absolute Gasteiger partial charge is 0.452 e. The van der Waals surface area contributed by atoms with Crippen LogP contribution in [0.5, 0.6) is 0 Å². The predicted octanol–water partition coefficient (Wildman–Crippen LogP) is 3.15. The first-order valence-corrected chi connectivity index (χ1v) is 9.53. The Morgan fingerprint density at radius 1 is 0.875 bits per heavy atom. The molecule has 0 saturated carbocycles. The van der Waals surface area contributed by atoms with Gasteiger partial charge in [-0.05, 0) is 60.7 Å². The molecule has 1 aliphatic heterocycles. The van der Waals surface area contributed by atoms with Gasteiger partial charge in [0.2, 0.25) is 0 Å². The summed E-state index contributed by atoms with van der Waals surface area (Å²) in [4.78, 5) is 50.3. The van der Waals surface area contributed by atoms with Crippen molar-refractivity contribution >= 4 is 35.1 Å². The van der Waals surface area contributed by atoms with E-state index < -0.39 is 30.3 Å². The molecular weight excluding hydrogens is 410 g/mol. The van der Waals surface area contributed by atoms with Crippen LogP contribution in [0.1, 0.15) is 36.6 Å². The summed E-state index contributed by atoms with van der Waals surface area (Å²) in [6, 6.07) is 20.5. The SMILES string of the molecule is N#Cc1ccc(NC(=O)COC(=O)c2ccc(N3C(=O)c4ccccc4C3=O)cc2)cc1. The molecule has 0 radical (unpaired) electrons. The molecule has 8 nitrogen and oxygen atoms in total. The lowest BCUT2D eigenvalue weighted by Crippen LogP contribution is -2.29. The second kappa shape index (κ2) is 8.53. The van der Waals surface area contributed by atoms with E-state index in [0.29, 0.717) is 28.1 Å². The molecule has 1 aliphatic rings. The highest BCUT2D eigenvalue weighted by Gasteiger charge is 2.36. The summed E-state index contributed by atoms with van der Waals surface area (Å²) < 4.78 is 5.01. The summed E-state index contributed by atoms with van der Waals surface area (Å²) in [6.07, 6.45) is 0. The molecule has 0 atom stereocenters. The van der Waals surface area contributed by atoms with Crippen LogP contribution in [0, 0.1) is 11.3 Å². The lowest BCUT2D eigenvalue weighted by Gasteiger charge is -2.14. The number of imide groups is 1. The molecule has 0 spiro atoms. The summed E-state index contributed by atoms with van der Waals surface area (Å²) in [5.74, 6) is -2.12. The van der Waals surface area contributed by atoms with Crippen LogP contribution in [-0.4, -0.2) is 30.3 Å². The number of nitriles is 1. The minimum atomic E-state index is -0.728. The zero-order chi connectivity index (χ0) is 22.7. The molecule has 32 heavy (non-hydrogen) atoms. The molecule has 156 valence electrons. The van der Waals surface area contributed by atoms with Gasteiger partial charge in [0.05, 0.1) is 34.0 Å². The Morgan fingerprint density at radius 2 is 1.47 bits per heavy atom. The van der Waals surface area contributed by atoms with Gasteiger partial charge in [0, 0.05) is 5.69 Å². The number of hydrogen-bond donors (Lipinski definition) is 1. The zero-order valence-corrected chi connectivity index (χ0v) is 16.6. The van der Waals surface area contributed by atoms with E-state index in [-0.39, 0.29) is 5.56 Å². The van der Waals surface area contributed by atoms with Gasteiger partial charge in [-0.25, -0.2) is 9.69 Å². The highest BCUT2D eigenvalue weighted by molar-refractivity contribution is 6.34. The van der Waals surface area contributed by atoms with Gasteiger partial charge >= 0.3 is 5.97 Å². The number of rotatable bonds is 5. The maximum atomic E-state index is 12.5. The van der Waals surface area contributed by atoms with Crippen LogP contribution in [0.15, 0.2) is 72.8 Å². The van der Waals surface area contributed by atoms with Crippen molar-refractivity contribution in [3.05, 3.63) is 95.1 Å². The van der Waals surface area contributed by atoms with E-state index in [9.17, 15) is 19.2 Å². The first kappa shape index (κ1) is 20.5. The third-order valence-electron chi connectivity index (χ3n) is 4.79. The second-order valence-corrected chi connectivity index (χ2v) is 6.85. The molecule has 0 unspecified atom stereocenters. The highest BCUT2D eigenvalue weighted by Crippen LogP contribution is 2.28. The Bertz CT molecular complexity index is 1240. The van der Waals surface area contributed by atoms with Gasteiger partial charge in [0.1, 0.15) is 0 Å². The summed E-state index contributed by atoms with van der Waals surface area (Å²) >= 11 is 0. The number of carbonyl (C=O) groups is 4. The molecule has 1 heterocycles. The van der Waals surface area contributed by atoms with Crippen LogP contribution in [0.4, 0.5) is 11.4 Å². The highest BCUT2D eigenvalue weighted by atomic mass is 16.5. The van der Waals surface area contributed by atoms with Crippen LogP contribution in [0.25, 0.3) is 0 Å². The van der Waals surface area contributed by atoms with Gasteiger partial charge in [-0.2, -0.15) is 5.26 Å². The maximum absolute atomic E-state index is 12.5. The molecule has 0 fully saturated rings. The fourth-order valence-electron chi connectivity index (χ4n) is 3.21. The minimum Gasteiger partial charge on any atom is -0.452 e. The molecule has 4 rings (SSSR count). The Labute approximate surface area is 182 Å². The van der Waals surface area contributed by atoms with E-state index >= 15 is 0 Å². The molecule has 1 N–H and O–H groups in total. The number of esters is 1. The smallest absolute Gasteiger partial charge is 0.338 e. The molecule has 3 aromatic carbocycles. The Hall–Kier alpha value is -4.77. The van der Waals surface area contributed by atoms with Gasteiger partial charge in [0.15, 0.2) is 6.61 Å². The van der Waals surface area contributed by atoms with Crippen molar-refractivity contribution in [2.75, 3.05) is 16.8 Å². The maximum Gasteiger partial charge on any atom is 0.338 e. The number of fused-ring (bicyclic) bond motifs is 1. The molecule has 8 heteroatoms. The summed E-state index contributed by atoms with van der Waals surface area (Å²) in [5, 5.41) is 11.3. The lowest BCUT2D eigenvalue weighted by molar-refractivity contribution is -0.119. The van der Waals surface area contributed by atoms with Crippen LogP contribution in [-0.2, 0) is 9.53 Å². The zero-order valence-electron chi connectivity index (χ0n) is 16.6. The molecule has 3 aromatic rings. The average molecular weight is 425 g/mol. The van der Waals surface area contributed by atoms with E-state index in [1.54, 1.807) is 48.5 Å². The molecule has 0 aliphatic carbocycles. The van der Waals surface area contributed by atoms with Crippen LogP contribution in [0.2, 0.25) is 0 Å². The normalized spacial score (nSPS) is 12.2. The van der Waals surface area contributed by atoms with Crippen molar-refractivity contribution in [3.63, 3.8) is 0 Å². The first-order valence-electron chi connectivity index (χ1n) is 9.53. The number of amides is 3. The van der Waals surface area contributed by atoms with E-state index in [2.05, 4.69) is 5.32 Å². The van der Waals surface area contributed by atoms with Gasteiger partial charge in [-0.1, -0.05) is 12.1 Å². The number of ether oxygens (including phenoxy) is 1. The number of nitrogens with zero attached hydrogens (tertiary/aromatic N) is 2. The average Bonchev–Trinajstić information content (AvgIpc) is 3.08. The molecule has 0 saturated heterocycles. The number of nitrogens with one attached hydrogen (secondary N) is 1. The topological polar surface area (TPSA) is 117 Å². The van der Waals surface area contributed by atoms with Crippen molar-refractivity contribution < 1.29 is 23.9 Å². The predicted molar refractivity (Wildman–Crippen MR) is 114 cm³/mol. The monoisotopic (exact) mass is 425 g/mol. The first-order chi connectivity index (χ1) is 15.5. The van der Waals surface area contributed by atoms with Crippen molar-refractivity contribution in [3.8, 4) is 6.07 Å². The van der Waals surface area contributed by atoms with Crippen LogP contribution in [0.3, 0.4) is 0 Å².